The van der Waals surface area contributed by atoms with Crippen molar-refractivity contribution in [3.63, 3.8) is 0 Å². The van der Waals surface area contributed by atoms with Gasteiger partial charge in [0, 0.05) is 11.9 Å². The van der Waals surface area contributed by atoms with Crippen molar-refractivity contribution >= 4 is 28.4 Å². The van der Waals surface area contributed by atoms with Gasteiger partial charge in [-0.3, -0.25) is 4.79 Å². The van der Waals surface area contributed by atoms with Gasteiger partial charge in [-0.2, -0.15) is 13.3 Å². The molecule has 8 nitrogen and oxygen atoms in total. The molecular weight excluding hydrogens is 406 g/mol. The highest BCUT2D eigenvalue weighted by molar-refractivity contribution is 5.93. The molecule has 0 radical (unpaired) electrons. The number of para-hydroxylation sites is 2. The number of carbonyl (C=O) groups is 1. The van der Waals surface area contributed by atoms with E-state index in [4.69, 9.17) is 0 Å². The highest BCUT2D eigenvalue weighted by Gasteiger charge is 2.25. The summed E-state index contributed by atoms with van der Waals surface area (Å²) >= 11 is 0. The molecule has 2 aromatic heterocycles. The van der Waals surface area contributed by atoms with Crippen molar-refractivity contribution in [2.75, 3.05) is 11.9 Å². The Morgan fingerprint density at radius 1 is 1.13 bits per heavy atom. The van der Waals surface area contributed by atoms with E-state index in [2.05, 4.69) is 30.4 Å². The second-order valence-corrected chi connectivity index (χ2v) is 7.13. The molecular formula is C21H18F2N6O2. The van der Waals surface area contributed by atoms with Gasteiger partial charge in [0.15, 0.2) is 11.5 Å². The zero-order chi connectivity index (χ0) is 21.4. The maximum Gasteiger partial charge on any atom is 0.387 e. The van der Waals surface area contributed by atoms with Crippen molar-refractivity contribution in [1.82, 2.24) is 24.9 Å². The number of benzene rings is 2. The summed E-state index contributed by atoms with van der Waals surface area (Å²) in [7, 11) is 0. The van der Waals surface area contributed by atoms with Crippen molar-refractivity contribution in [3.05, 3.63) is 48.5 Å². The number of piperidine rings is 1. The lowest BCUT2D eigenvalue weighted by atomic mass is 10.1. The molecule has 10 heteroatoms. The molecule has 4 aromatic rings. The summed E-state index contributed by atoms with van der Waals surface area (Å²) in [6, 6.07) is 13.3. The third-order valence-corrected chi connectivity index (χ3v) is 5.11. The predicted molar refractivity (Wildman–Crippen MR) is 110 cm³/mol. The SMILES string of the molecule is O=C1NCCC[C@H]1Nc1nc2ccccc2c2nc(-c3ccccc3OC(F)F)nn12. The third-order valence-electron chi connectivity index (χ3n) is 5.11. The molecule has 0 aliphatic carbocycles. The maximum atomic E-state index is 12.9. The fraction of sp³-hybridized carbons (Fsp3) is 0.238. The molecule has 2 aromatic carbocycles. The summed E-state index contributed by atoms with van der Waals surface area (Å²) in [5.74, 6) is 0.435. The molecule has 31 heavy (non-hydrogen) atoms. The smallest absolute Gasteiger partial charge is 0.387 e. The van der Waals surface area contributed by atoms with Crippen LogP contribution in [0.15, 0.2) is 48.5 Å². The Hall–Kier alpha value is -3.82. The van der Waals surface area contributed by atoms with Crippen LogP contribution < -0.4 is 15.4 Å². The molecule has 0 bridgehead atoms. The highest BCUT2D eigenvalue weighted by Crippen LogP contribution is 2.31. The van der Waals surface area contributed by atoms with Crippen LogP contribution in [0.2, 0.25) is 0 Å². The maximum absolute atomic E-state index is 12.9. The van der Waals surface area contributed by atoms with Crippen molar-refractivity contribution in [2.45, 2.75) is 25.5 Å². The van der Waals surface area contributed by atoms with Crippen LogP contribution in [0.4, 0.5) is 14.7 Å². The zero-order valence-electron chi connectivity index (χ0n) is 16.3. The Balaban J connectivity index is 1.66. The lowest BCUT2D eigenvalue weighted by Gasteiger charge is -2.23. The monoisotopic (exact) mass is 424 g/mol. The Morgan fingerprint density at radius 2 is 1.94 bits per heavy atom. The van der Waals surface area contributed by atoms with Crippen LogP contribution in [-0.4, -0.2) is 44.7 Å². The van der Waals surface area contributed by atoms with Crippen LogP contribution >= 0.6 is 0 Å². The molecule has 0 unspecified atom stereocenters. The van der Waals surface area contributed by atoms with E-state index < -0.39 is 12.7 Å². The van der Waals surface area contributed by atoms with E-state index in [9.17, 15) is 13.6 Å². The average Bonchev–Trinajstić information content (AvgIpc) is 3.21. The number of hydrogen-bond acceptors (Lipinski definition) is 6. The number of ether oxygens (including phenoxy) is 1. The largest absolute Gasteiger partial charge is 0.434 e. The Bertz CT molecular complexity index is 1280. The number of alkyl halides is 2. The molecule has 1 atom stereocenters. The summed E-state index contributed by atoms with van der Waals surface area (Å²) in [4.78, 5) is 21.5. The summed E-state index contributed by atoms with van der Waals surface area (Å²) in [5.41, 5.74) is 1.49. The van der Waals surface area contributed by atoms with E-state index in [0.717, 1.165) is 11.8 Å². The second kappa shape index (κ2) is 7.78. The quantitative estimate of drug-likeness (QED) is 0.511. The van der Waals surface area contributed by atoms with Crippen molar-refractivity contribution in [1.29, 1.82) is 0 Å². The number of rotatable bonds is 5. The highest BCUT2D eigenvalue weighted by atomic mass is 19.3. The fourth-order valence-electron chi connectivity index (χ4n) is 3.68. The Labute approximate surface area is 175 Å². The zero-order valence-corrected chi connectivity index (χ0v) is 16.3. The van der Waals surface area contributed by atoms with E-state index >= 15 is 0 Å². The first-order valence-electron chi connectivity index (χ1n) is 9.84. The van der Waals surface area contributed by atoms with Gasteiger partial charge in [-0.05, 0) is 37.1 Å². The van der Waals surface area contributed by atoms with Gasteiger partial charge in [-0.1, -0.05) is 24.3 Å². The fourth-order valence-corrected chi connectivity index (χ4v) is 3.68. The number of amides is 1. The van der Waals surface area contributed by atoms with E-state index in [-0.39, 0.29) is 17.5 Å². The van der Waals surface area contributed by atoms with Crippen molar-refractivity contribution < 1.29 is 18.3 Å². The molecule has 3 heterocycles. The molecule has 2 N–H and O–H groups in total. The molecule has 5 rings (SSSR count). The van der Waals surface area contributed by atoms with Crippen LogP contribution in [0.3, 0.4) is 0 Å². The predicted octanol–water partition coefficient (Wildman–Crippen LogP) is 3.24. The van der Waals surface area contributed by atoms with Gasteiger partial charge in [-0.25, -0.2) is 9.97 Å². The van der Waals surface area contributed by atoms with Crippen LogP contribution in [0.1, 0.15) is 12.8 Å². The van der Waals surface area contributed by atoms with E-state index in [1.54, 1.807) is 18.2 Å². The minimum atomic E-state index is -2.97. The van der Waals surface area contributed by atoms with E-state index in [1.807, 2.05) is 24.3 Å². The van der Waals surface area contributed by atoms with Gasteiger partial charge >= 0.3 is 6.61 Å². The first-order chi connectivity index (χ1) is 15.1. The number of aromatic nitrogens is 4. The topological polar surface area (TPSA) is 93.4 Å². The lowest BCUT2D eigenvalue weighted by molar-refractivity contribution is -0.123. The van der Waals surface area contributed by atoms with Crippen LogP contribution in [-0.2, 0) is 4.79 Å². The summed E-state index contributed by atoms with van der Waals surface area (Å²) < 4.78 is 31.9. The summed E-state index contributed by atoms with van der Waals surface area (Å²) in [6.45, 7) is -2.32. The van der Waals surface area contributed by atoms with Gasteiger partial charge in [0.2, 0.25) is 11.9 Å². The minimum absolute atomic E-state index is 0.0214. The van der Waals surface area contributed by atoms with Crippen molar-refractivity contribution in [2.24, 2.45) is 0 Å². The minimum Gasteiger partial charge on any atom is -0.434 e. The number of hydrogen-bond donors (Lipinski definition) is 2. The second-order valence-electron chi connectivity index (χ2n) is 7.13. The normalized spacial score (nSPS) is 16.6. The molecule has 1 aliphatic heterocycles. The Kier molecular flexibility index (Phi) is 4.81. The van der Waals surface area contributed by atoms with Crippen LogP contribution in [0.5, 0.6) is 5.75 Å². The Morgan fingerprint density at radius 3 is 2.77 bits per heavy atom. The molecule has 158 valence electrons. The number of carbonyl (C=O) groups excluding carboxylic acids is 1. The van der Waals surface area contributed by atoms with E-state index in [0.29, 0.717) is 35.6 Å². The molecule has 1 saturated heterocycles. The van der Waals surface area contributed by atoms with Gasteiger partial charge in [0.1, 0.15) is 11.8 Å². The number of halogens is 2. The lowest BCUT2D eigenvalue weighted by Crippen LogP contribution is -2.44. The van der Waals surface area contributed by atoms with Crippen LogP contribution in [0, 0.1) is 0 Å². The molecule has 0 saturated carbocycles. The van der Waals surface area contributed by atoms with E-state index in [1.165, 1.54) is 10.6 Å². The average molecular weight is 424 g/mol. The van der Waals surface area contributed by atoms with Crippen molar-refractivity contribution in [3.8, 4) is 17.1 Å². The number of nitrogens with one attached hydrogen (secondary N) is 2. The van der Waals surface area contributed by atoms with Gasteiger partial charge in [0.05, 0.1) is 11.1 Å². The summed E-state index contributed by atoms with van der Waals surface area (Å²) in [6.07, 6.45) is 1.51. The summed E-state index contributed by atoms with van der Waals surface area (Å²) in [5, 5.41) is 11.3. The number of fused-ring (bicyclic) bond motifs is 3. The first kappa shape index (κ1) is 19.2. The molecule has 1 amide bonds. The first-order valence-corrected chi connectivity index (χ1v) is 9.84. The molecule has 1 aliphatic rings. The van der Waals surface area contributed by atoms with Gasteiger partial charge < -0.3 is 15.4 Å². The molecule has 1 fully saturated rings. The van der Waals surface area contributed by atoms with Crippen LogP contribution in [0.25, 0.3) is 27.9 Å². The number of anilines is 1. The van der Waals surface area contributed by atoms with Gasteiger partial charge in [0.25, 0.3) is 0 Å². The third kappa shape index (κ3) is 3.60. The van der Waals surface area contributed by atoms with Gasteiger partial charge in [-0.15, -0.1) is 5.10 Å². The standard InChI is InChI=1S/C21H18F2N6O2/c22-20(23)31-16-10-4-2-7-13(16)17-27-18-12-6-1-3-8-14(12)25-21(29(18)28-17)26-15-9-5-11-24-19(15)30/h1-4,6-8,10,15,20H,5,9,11H2,(H,24,30)(H,25,26)/t15-/m1/s1. The molecule has 0 spiro atoms. The number of nitrogens with zero attached hydrogens (tertiary/aromatic N) is 4.